The Hall–Kier alpha value is -0.830. The summed E-state index contributed by atoms with van der Waals surface area (Å²) in [7, 11) is 0. The smallest absolute Gasteiger partial charge is 0.122 e. The van der Waals surface area contributed by atoms with Gasteiger partial charge in [0.15, 0.2) is 0 Å². The van der Waals surface area contributed by atoms with Crippen molar-refractivity contribution in [2.24, 2.45) is 5.73 Å². The van der Waals surface area contributed by atoms with Crippen molar-refractivity contribution in [2.45, 2.75) is 46.2 Å². The number of rotatable bonds is 3. The molecule has 0 aliphatic carbocycles. The van der Waals surface area contributed by atoms with Crippen molar-refractivity contribution < 1.29 is 0 Å². The summed E-state index contributed by atoms with van der Waals surface area (Å²) in [5.74, 6) is 1.49. The van der Waals surface area contributed by atoms with Crippen LogP contribution in [0.25, 0.3) is 0 Å². The number of nitrogens with two attached hydrogens (primary N) is 1. The summed E-state index contributed by atoms with van der Waals surface area (Å²) in [5.41, 5.74) is 6.89. The maximum absolute atomic E-state index is 5.62. The van der Waals surface area contributed by atoms with E-state index in [1.54, 1.807) is 0 Å². The molecule has 0 amide bonds. The fourth-order valence-corrected chi connectivity index (χ4v) is 1.59. The first-order valence-corrected chi connectivity index (χ1v) is 4.84. The van der Waals surface area contributed by atoms with Gasteiger partial charge in [-0.3, -0.25) is 0 Å². The second kappa shape index (κ2) is 3.92. The number of imidazole rings is 1. The molecule has 0 saturated carbocycles. The number of nitrogens with zero attached hydrogens (tertiary/aromatic N) is 2. The van der Waals surface area contributed by atoms with Crippen molar-refractivity contribution in [3.63, 3.8) is 0 Å². The standard InChI is InChI=1S/C10H19N3/c1-7(2)9-6-12-10(5-11)13(9)8(3)4/h6-8H,5,11H2,1-4H3. The minimum absolute atomic E-state index is 0.443. The highest BCUT2D eigenvalue weighted by molar-refractivity contribution is 5.10. The highest BCUT2D eigenvalue weighted by Crippen LogP contribution is 2.20. The first-order chi connectivity index (χ1) is 6.07. The highest BCUT2D eigenvalue weighted by Gasteiger charge is 2.13. The van der Waals surface area contributed by atoms with Crippen LogP contribution in [0.2, 0.25) is 0 Å². The third-order valence-electron chi connectivity index (χ3n) is 2.19. The lowest BCUT2D eigenvalue weighted by Crippen LogP contribution is -2.13. The minimum atomic E-state index is 0.443. The molecular weight excluding hydrogens is 162 g/mol. The maximum Gasteiger partial charge on any atom is 0.122 e. The van der Waals surface area contributed by atoms with E-state index in [0.29, 0.717) is 18.5 Å². The van der Waals surface area contributed by atoms with Crippen LogP contribution in [0, 0.1) is 0 Å². The van der Waals surface area contributed by atoms with Gasteiger partial charge in [-0.15, -0.1) is 0 Å². The van der Waals surface area contributed by atoms with Crippen molar-refractivity contribution in [1.29, 1.82) is 0 Å². The monoisotopic (exact) mass is 181 g/mol. The molecule has 0 spiro atoms. The van der Waals surface area contributed by atoms with Crippen LogP contribution in [0.15, 0.2) is 6.20 Å². The van der Waals surface area contributed by atoms with Crippen LogP contribution in [0.1, 0.15) is 51.2 Å². The molecule has 0 aromatic carbocycles. The first kappa shape index (κ1) is 10.3. The lowest BCUT2D eigenvalue weighted by molar-refractivity contribution is 0.533. The van der Waals surface area contributed by atoms with Gasteiger partial charge in [-0.05, 0) is 19.8 Å². The van der Waals surface area contributed by atoms with E-state index < -0.39 is 0 Å². The summed E-state index contributed by atoms with van der Waals surface area (Å²) in [6, 6.07) is 0.443. The Morgan fingerprint density at radius 1 is 1.38 bits per heavy atom. The molecule has 1 rings (SSSR count). The molecule has 13 heavy (non-hydrogen) atoms. The van der Waals surface area contributed by atoms with E-state index >= 15 is 0 Å². The van der Waals surface area contributed by atoms with E-state index in [-0.39, 0.29) is 0 Å². The fourth-order valence-electron chi connectivity index (χ4n) is 1.59. The second-order valence-corrected chi connectivity index (χ2v) is 3.92. The summed E-state index contributed by atoms with van der Waals surface area (Å²) in [6.45, 7) is 9.19. The number of hydrogen-bond acceptors (Lipinski definition) is 2. The predicted molar refractivity (Wildman–Crippen MR) is 54.6 cm³/mol. The largest absolute Gasteiger partial charge is 0.328 e. The van der Waals surface area contributed by atoms with Gasteiger partial charge < -0.3 is 10.3 Å². The Morgan fingerprint density at radius 3 is 2.38 bits per heavy atom. The second-order valence-electron chi connectivity index (χ2n) is 3.92. The van der Waals surface area contributed by atoms with Gasteiger partial charge >= 0.3 is 0 Å². The van der Waals surface area contributed by atoms with Crippen molar-refractivity contribution in [1.82, 2.24) is 9.55 Å². The maximum atomic E-state index is 5.62. The molecule has 0 aliphatic heterocycles. The summed E-state index contributed by atoms with van der Waals surface area (Å²) in [6.07, 6.45) is 1.94. The summed E-state index contributed by atoms with van der Waals surface area (Å²) in [5, 5.41) is 0. The zero-order valence-electron chi connectivity index (χ0n) is 8.91. The Labute approximate surface area is 80.0 Å². The van der Waals surface area contributed by atoms with Gasteiger partial charge in [0, 0.05) is 17.9 Å². The Balaban J connectivity index is 3.14. The molecule has 0 unspecified atom stereocenters. The van der Waals surface area contributed by atoms with Crippen LogP contribution in [-0.4, -0.2) is 9.55 Å². The molecule has 0 fully saturated rings. The quantitative estimate of drug-likeness (QED) is 0.775. The molecule has 2 N–H and O–H groups in total. The lowest BCUT2D eigenvalue weighted by Gasteiger charge is -2.16. The van der Waals surface area contributed by atoms with Crippen LogP contribution in [-0.2, 0) is 6.54 Å². The average Bonchev–Trinajstić information content (AvgIpc) is 2.46. The molecule has 3 heteroatoms. The van der Waals surface area contributed by atoms with E-state index in [1.165, 1.54) is 5.69 Å². The minimum Gasteiger partial charge on any atom is -0.328 e. The Morgan fingerprint density at radius 2 is 2.00 bits per heavy atom. The van der Waals surface area contributed by atoms with Gasteiger partial charge in [0.05, 0.1) is 6.54 Å². The summed E-state index contributed by atoms with van der Waals surface area (Å²) < 4.78 is 2.23. The van der Waals surface area contributed by atoms with Gasteiger partial charge in [0.2, 0.25) is 0 Å². The van der Waals surface area contributed by atoms with E-state index in [4.69, 9.17) is 5.73 Å². The van der Waals surface area contributed by atoms with Gasteiger partial charge in [0.25, 0.3) is 0 Å². The van der Waals surface area contributed by atoms with E-state index in [0.717, 1.165) is 5.82 Å². The summed E-state index contributed by atoms with van der Waals surface area (Å²) >= 11 is 0. The van der Waals surface area contributed by atoms with Crippen molar-refractivity contribution in [3.05, 3.63) is 17.7 Å². The third-order valence-corrected chi connectivity index (χ3v) is 2.19. The normalized spacial score (nSPS) is 11.6. The molecule has 3 nitrogen and oxygen atoms in total. The number of hydrogen-bond donors (Lipinski definition) is 1. The van der Waals surface area contributed by atoms with Crippen molar-refractivity contribution in [2.75, 3.05) is 0 Å². The van der Waals surface area contributed by atoms with Crippen LogP contribution in [0.5, 0.6) is 0 Å². The SMILES string of the molecule is CC(C)c1cnc(CN)n1C(C)C. The molecule has 1 heterocycles. The van der Waals surface area contributed by atoms with E-state index in [1.807, 2.05) is 6.20 Å². The van der Waals surface area contributed by atoms with Crippen LogP contribution < -0.4 is 5.73 Å². The molecule has 0 aliphatic rings. The van der Waals surface area contributed by atoms with E-state index in [2.05, 4.69) is 37.2 Å². The van der Waals surface area contributed by atoms with Crippen molar-refractivity contribution >= 4 is 0 Å². The van der Waals surface area contributed by atoms with E-state index in [9.17, 15) is 0 Å². The highest BCUT2D eigenvalue weighted by atomic mass is 15.1. The molecule has 0 radical (unpaired) electrons. The van der Waals surface area contributed by atoms with Crippen LogP contribution in [0.3, 0.4) is 0 Å². The van der Waals surface area contributed by atoms with Crippen LogP contribution >= 0.6 is 0 Å². The topological polar surface area (TPSA) is 43.8 Å². The van der Waals surface area contributed by atoms with Gasteiger partial charge in [-0.2, -0.15) is 0 Å². The summed E-state index contributed by atoms with van der Waals surface area (Å²) in [4.78, 5) is 4.32. The molecular formula is C10H19N3. The molecule has 0 bridgehead atoms. The Kier molecular flexibility index (Phi) is 3.09. The van der Waals surface area contributed by atoms with Crippen LogP contribution in [0.4, 0.5) is 0 Å². The number of aromatic nitrogens is 2. The molecule has 1 aromatic rings. The predicted octanol–water partition coefficient (Wildman–Crippen LogP) is 2.05. The Bertz CT molecular complexity index is 274. The fraction of sp³-hybridized carbons (Fsp3) is 0.700. The zero-order chi connectivity index (χ0) is 10.0. The molecule has 0 saturated heterocycles. The lowest BCUT2D eigenvalue weighted by atomic mass is 10.1. The van der Waals surface area contributed by atoms with Gasteiger partial charge in [0.1, 0.15) is 5.82 Å². The zero-order valence-corrected chi connectivity index (χ0v) is 8.91. The van der Waals surface area contributed by atoms with Crippen molar-refractivity contribution in [3.8, 4) is 0 Å². The molecule has 0 atom stereocenters. The van der Waals surface area contributed by atoms with Gasteiger partial charge in [-0.1, -0.05) is 13.8 Å². The molecule has 1 aromatic heterocycles. The average molecular weight is 181 g/mol. The first-order valence-electron chi connectivity index (χ1n) is 4.84. The third kappa shape index (κ3) is 1.91. The van der Waals surface area contributed by atoms with Gasteiger partial charge in [-0.25, -0.2) is 4.98 Å². The molecule has 74 valence electrons.